The fraction of sp³-hybridized carbons (Fsp3) is 0. The molecule has 0 atom stereocenters. The van der Waals surface area contributed by atoms with Gasteiger partial charge in [0.05, 0.1) is 0 Å². The van der Waals surface area contributed by atoms with Crippen molar-refractivity contribution in [1.29, 1.82) is 0 Å². The number of rotatable bonds is 8. The Morgan fingerprint density at radius 2 is 0.705 bits per heavy atom. The minimum atomic E-state index is 0.707. The van der Waals surface area contributed by atoms with Crippen LogP contribution in [-0.4, -0.2) is 0 Å². The van der Waals surface area contributed by atoms with Gasteiger partial charge in [-0.15, -0.1) is 0 Å². The number of benzene rings is 7. The average Bonchev–Trinajstić information content (AvgIpc) is 3.10. The summed E-state index contributed by atoms with van der Waals surface area (Å²) in [5, 5.41) is 0. The number of ether oxygens (including phenoxy) is 2. The van der Waals surface area contributed by atoms with Crippen LogP contribution in [0.2, 0.25) is 0 Å². The van der Waals surface area contributed by atoms with Gasteiger partial charge >= 0.3 is 0 Å². The molecule has 7 rings (SSSR count). The molecule has 0 amide bonds. The molecule has 0 bridgehead atoms. The SMILES string of the molecule is c1ccc(-c2cccc(-c3cccc(Oc4cccc(Oc5ccccc5-c5ccccc5-c5ccccc5)c4)c3)c2)cc1. The van der Waals surface area contributed by atoms with Gasteiger partial charge in [0.1, 0.15) is 23.0 Å². The van der Waals surface area contributed by atoms with Crippen LogP contribution in [0.4, 0.5) is 0 Å². The molecule has 0 fully saturated rings. The standard InChI is InChI=1S/C42H30O2/c1-3-14-31(15-4-1)33-18-11-19-34(28-33)35-20-12-21-36(29-35)43-37-22-13-23-38(30-37)44-42-27-10-9-26-41(42)40-25-8-7-24-39(40)32-16-5-2-6-17-32/h1-30H. The Bertz CT molecular complexity index is 2010. The van der Waals surface area contributed by atoms with E-state index in [-0.39, 0.29) is 0 Å². The fourth-order valence-corrected chi connectivity index (χ4v) is 5.48. The highest BCUT2D eigenvalue weighted by atomic mass is 16.5. The minimum Gasteiger partial charge on any atom is -0.457 e. The Morgan fingerprint density at radius 3 is 1.43 bits per heavy atom. The normalized spacial score (nSPS) is 10.7. The second-order valence-corrected chi connectivity index (χ2v) is 10.6. The maximum atomic E-state index is 6.50. The zero-order chi connectivity index (χ0) is 29.6. The number of para-hydroxylation sites is 1. The molecule has 0 N–H and O–H groups in total. The monoisotopic (exact) mass is 566 g/mol. The molecule has 44 heavy (non-hydrogen) atoms. The molecule has 2 nitrogen and oxygen atoms in total. The predicted octanol–water partition coefficient (Wildman–Crippen LogP) is 11.9. The van der Waals surface area contributed by atoms with Crippen LogP contribution in [0.3, 0.4) is 0 Å². The second kappa shape index (κ2) is 12.6. The molecule has 0 heterocycles. The van der Waals surface area contributed by atoms with Crippen molar-refractivity contribution in [3.63, 3.8) is 0 Å². The highest BCUT2D eigenvalue weighted by Gasteiger charge is 2.13. The van der Waals surface area contributed by atoms with Gasteiger partial charge in [-0.3, -0.25) is 0 Å². The van der Waals surface area contributed by atoms with Crippen molar-refractivity contribution in [3.05, 3.63) is 182 Å². The summed E-state index contributed by atoms with van der Waals surface area (Å²) >= 11 is 0. The van der Waals surface area contributed by atoms with E-state index in [0.29, 0.717) is 11.5 Å². The van der Waals surface area contributed by atoms with Gasteiger partial charge < -0.3 is 9.47 Å². The summed E-state index contributed by atoms with van der Waals surface area (Å²) in [6.07, 6.45) is 0. The number of hydrogen-bond acceptors (Lipinski definition) is 2. The smallest absolute Gasteiger partial charge is 0.135 e. The van der Waals surface area contributed by atoms with Crippen LogP contribution in [0.5, 0.6) is 23.0 Å². The molecule has 2 heteroatoms. The van der Waals surface area contributed by atoms with Crippen molar-refractivity contribution in [1.82, 2.24) is 0 Å². The van der Waals surface area contributed by atoms with E-state index >= 15 is 0 Å². The number of hydrogen-bond donors (Lipinski definition) is 0. The Labute approximate surface area is 258 Å². The van der Waals surface area contributed by atoms with E-state index in [1.165, 1.54) is 16.7 Å². The zero-order valence-corrected chi connectivity index (χ0v) is 24.1. The largest absolute Gasteiger partial charge is 0.457 e. The van der Waals surface area contributed by atoms with E-state index in [9.17, 15) is 0 Å². The third-order valence-corrected chi connectivity index (χ3v) is 7.60. The van der Waals surface area contributed by atoms with Gasteiger partial charge in [0, 0.05) is 11.6 Å². The molecule has 0 radical (unpaired) electrons. The first-order valence-corrected chi connectivity index (χ1v) is 14.8. The Hall–Kier alpha value is -5.86. The summed E-state index contributed by atoms with van der Waals surface area (Å²) in [5.41, 5.74) is 9.10. The maximum absolute atomic E-state index is 6.50. The third-order valence-electron chi connectivity index (χ3n) is 7.60. The van der Waals surface area contributed by atoms with Crippen LogP contribution in [0.1, 0.15) is 0 Å². The summed E-state index contributed by atoms with van der Waals surface area (Å²) in [7, 11) is 0. The molecule has 0 unspecified atom stereocenters. The lowest BCUT2D eigenvalue weighted by atomic mass is 9.94. The summed E-state index contributed by atoms with van der Waals surface area (Å²) in [5.74, 6) is 2.97. The van der Waals surface area contributed by atoms with Gasteiger partial charge in [0.2, 0.25) is 0 Å². The highest BCUT2D eigenvalue weighted by molar-refractivity contribution is 5.86. The molecular formula is C42H30O2. The Morgan fingerprint density at radius 1 is 0.250 bits per heavy atom. The topological polar surface area (TPSA) is 18.5 Å². The van der Waals surface area contributed by atoms with Crippen molar-refractivity contribution < 1.29 is 9.47 Å². The molecule has 210 valence electrons. The molecule has 7 aromatic rings. The maximum Gasteiger partial charge on any atom is 0.135 e. The Balaban J connectivity index is 1.14. The van der Waals surface area contributed by atoms with Crippen LogP contribution in [-0.2, 0) is 0 Å². The van der Waals surface area contributed by atoms with E-state index in [1.807, 2.05) is 66.7 Å². The van der Waals surface area contributed by atoms with Crippen molar-refractivity contribution in [2.24, 2.45) is 0 Å². The lowest BCUT2D eigenvalue weighted by Crippen LogP contribution is -1.91. The summed E-state index contributed by atoms with van der Waals surface area (Å²) in [4.78, 5) is 0. The van der Waals surface area contributed by atoms with Gasteiger partial charge in [-0.25, -0.2) is 0 Å². The Kier molecular flexibility index (Phi) is 7.71. The van der Waals surface area contributed by atoms with Crippen LogP contribution in [0, 0.1) is 0 Å². The lowest BCUT2D eigenvalue weighted by Gasteiger charge is -2.15. The van der Waals surface area contributed by atoms with E-state index in [4.69, 9.17) is 9.47 Å². The van der Waals surface area contributed by atoms with Crippen LogP contribution >= 0.6 is 0 Å². The molecule has 0 aliphatic heterocycles. The van der Waals surface area contributed by atoms with E-state index in [0.717, 1.165) is 39.3 Å². The van der Waals surface area contributed by atoms with Gasteiger partial charge in [0.15, 0.2) is 0 Å². The van der Waals surface area contributed by atoms with Crippen molar-refractivity contribution in [2.75, 3.05) is 0 Å². The summed E-state index contributed by atoms with van der Waals surface area (Å²) in [6.45, 7) is 0. The highest BCUT2D eigenvalue weighted by Crippen LogP contribution is 2.39. The fourth-order valence-electron chi connectivity index (χ4n) is 5.48. The van der Waals surface area contributed by atoms with Gasteiger partial charge in [-0.05, 0) is 75.3 Å². The molecule has 7 aromatic carbocycles. The molecule has 0 aromatic heterocycles. The predicted molar refractivity (Wildman–Crippen MR) is 181 cm³/mol. The van der Waals surface area contributed by atoms with Gasteiger partial charge in [-0.1, -0.05) is 140 Å². The first-order valence-electron chi connectivity index (χ1n) is 14.8. The van der Waals surface area contributed by atoms with Crippen LogP contribution < -0.4 is 9.47 Å². The zero-order valence-electron chi connectivity index (χ0n) is 24.1. The molecule has 0 spiro atoms. The van der Waals surface area contributed by atoms with E-state index in [2.05, 4.69) is 115 Å². The summed E-state index contributed by atoms with van der Waals surface area (Å²) < 4.78 is 12.8. The van der Waals surface area contributed by atoms with Gasteiger partial charge in [-0.2, -0.15) is 0 Å². The average molecular weight is 567 g/mol. The van der Waals surface area contributed by atoms with Crippen molar-refractivity contribution >= 4 is 0 Å². The van der Waals surface area contributed by atoms with Crippen molar-refractivity contribution in [2.45, 2.75) is 0 Å². The van der Waals surface area contributed by atoms with Crippen LogP contribution in [0.25, 0.3) is 44.5 Å². The molecular weight excluding hydrogens is 536 g/mol. The summed E-state index contributed by atoms with van der Waals surface area (Å²) in [6, 6.07) is 62.1. The van der Waals surface area contributed by atoms with E-state index < -0.39 is 0 Å². The van der Waals surface area contributed by atoms with Crippen LogP contribution in [0.15, 0.2) is 182 Å². The molecule has 0 saturated carbocycles. The molecule has 0 aliphatic carbocycles. The molecule has 0 saturated heterocycles. The first-order chi connectivity index (χ1) is 21.8. The first kappa shape index (κ1) is 27.0. The quantitative estimate of drug-likeness (QED) is 0.182. The van der Waals surface area contributed by atoms with Gasteiger partial charge in [0.25, 0.3) is 0 Å². The third kappa shape index (κ3) is 6.01. The molecule has 0 aliphatic rings. The van der Waals surface area contributed by atoms with E-state index in [1.54, 1.807) is 0 Å². The van der Waals surface area contributed by atoms with Crippen molar-refractivity contribution in [3.8, 4) is 67.5 Å². The minimum absolute atomic E-state index is 0.707. The second-order valence-electron chi connectivity index (χ2n) is 10.6. The lowest BCUT2D eigenvalue weighted by molar-refractivity contribution is 0.461.